The van der Waals surface area contributed by atoms with E-state index in [9.17, 15) is 14.5 Å². The third kappa shape index (κ3) is 3.98. The van der Waals surface area contributed by atoms with E-state index < -0.39 is 11.5 Å². The van der Waals surface area contributed by atoms with Gasteiger partial charge in [0.15, 0.2) is 11.8 Å². The summed E-state index contributed by atoms with van der Waals surface area (Å²) in [5.74, 6) is -0.432. The Morgan fingerprint density at radius 1 is 1.16 bits per heavy atom. The number of anilines is 1. The molecule has 5 nitrogen and oxygen atoms in total. The summed E-state index contributed by atoms with van der Waals surface area (Å²) < 4.78 is 0. The summed E-state index contributed by atoms with van der Waals surface area (Å²) in [6, 6.07) is 5.52. The zero-order valence-electron chi connectivity index (χ0n) is 11.6. The standard InChI is InChI=1S/C14H18N2O3/c1-9(16-19)12(17)10-5-7-11(8-6-10)15-13(18)14(2,3)4/h5-9H,1-4H3,(H,15,18). The van der Waals surface area contributed by atoms with Crippen molar-refractivity contribution in [1.29, 1.82) is 0 Å². The van der Waals surface area contributed by atoms with Crippen molar-refractivity contribution in [2.75, 3.05) is 5.32 Å². The Morgan fingerprint density at radius 2 is 1.68 bits per heavy atom. The van der Waals surface area contributed by atoms with Crippen molar-refractivity contribution in [2.45, 2.75) is 33.7 Å². The molecule has 0 bridgehead atoms. The number of nitroso groups, excluding NO2 is 1. The van der Waals surface area contributed by atoms with Crippen LogP contribution in [0.1, 0.15) is 38.1 Å². The molecule has 0 aliphatic carbocycles. The van der Waals surface area contributed by atoms with E-state index in [0.29, 0.717) is 11.3 Å². The van der Waals surface area contributed by atoms with Crippen LogP contribution in [0.25, 0.3) is 0 Å². The predicted octanol–water partition coefficient (Wildman–Crippen LogP) is 3.01. The minimum atomic E-state index is -0.894. The van der Waals surface area contributed by atoms with Gasteiger partial charge in [0, 0.05) is 16.7 Å². The number of carbonyl (C=O) groups is 2. The van der Waals surface area contributed by atoms with Gasteiger partial charge in [-0.2, -0.15) is 4.91 Å². The molecular weight excluding hydrogens is 244 g/mol. The molecule has 0 saturated carbocycles. The van der Waals surface area contributed by atoms with E-state index in [1.54, 1.807) is 24.3 Å². The number of benzene rings is 1. The number of hydrogen-bond acceptors (Lipinski definition) is 4. The lowest BCUT2D eigenvalue weighted by atomic mass is 9.95. The second kappa shape index (κ2) is 5.73. The van der Waals surface area contributed by atoms with Crippen molar-refractivity contribution in [2.24, 2.45) is 10.6 Å². The zero-order chi connectivity index (χ0) is 14.6. The Labute approximate surface area is 112 Å². The molecule has 0 saturated heterocycles. The van der Waals surface area contributed by atoms with E-state index in [1.807, 2.05) is 20.8 Å². The Balaban J connectivity index is 2.80. The van der Waals surface area contributed by atoms with Crippen molar-refractivity contribution in [3.8, 4) is 0 Å². The van der Waals surface area contributed by atoms with Crippen LogP contribution in [0.15, 0.2) is 29.4 Å². The summed E-state index contributed by atoms with van der Waals surface area (Å²) in [5.41, 5.74) is 0.536. The lowest BCUT2D eigenvalue weighted by Gasteiger charge is -2.17. The monoisotopic (exact) mass is 262 g/mol. The molecular formula is C14H18N2O3. The van der Waals surface area contributed by atoms with E-state index in [-0.39, 0.29) is 11.7 Å². The first-order valence-corrected chi connectivity index (χ1v) is 6.04. The molecule has 0 aliphatic heterocycles. The molecule has 0 aromatic heterocycles. The minimum absolute atomic E-state index is 0.102. The molecule has 0 fully saturated rings. The van der Waals surface area contributed by atoms with Crippen LogP contribution < -0.4 is 5.32 Å². The molecule has 1 aromatic rings. The van der Waals surface area contributed by atoms with E-state index >= 15 is 0 Å². The average molecular weight is 262 g/mol. The molecule has 1 amide bonds. The van der Waals surface area contributed by atoms with Crippen LogP contribution in [0.5, 0.6) is 0 Å². The topological polar surface area (TPSA) is 75.6 Å². The van der Waals surface area contributed by atoms with Crippen molar-refractivity contribution < 1.29 is 9.59 Å². The summed E-state index contributed by atoms with van der Waals surface area (Å²) >= 11 is 0. The van der Waals surface area contributed by atoms with Crippen molar-refractivity contribution >= 4 is 17.4 Å². The first-order chi connectivity index (χ1) is 8.75. The lowest BCUT2D eigenvalue weighted by Crippen LogP contribution is -2.27. The molecule has 1 N–H and O–H groups in total. The molecule has 0 aliphatic rings. The highest BCUT2D eigenvalue weighted by molar-refractivity contribution is 6.00. The SMILES string of the molecule is CC(N=O)C(=O)c1ccc(NC(=O)C(C)(C)C)cc1. The number of Topliss-reactive ketones (excluding diaryl/α,β-unsaturated/α-hetero) is 1. The molecule has 1 atom stereocenters. The van der Waals surface area contributed by atoms with Crippen LogP contribution in [-0.4, -0.2) is 17.7 Å². The van der Waals surface area contributed by atoms with Gasteiger partial charge in [0.1, 0.15) is 0 Å². The molecule has 102 valence electrons. The van der Waals surface area contributed by atoms with Gasteiger partial charge in [-0.1, -0.05) is 25.9 Å². The van der Waals surface area contributed by atoms with Gasteiger partial charge >= 0.3 is 0 Å². The summed E-state index contributed by atoms with van der Waals surface area (Å²) in [5, 5.41) is 5.45. The molecule has 0 spiro atoms. The second-order valence-corrected chi connectivity index (χ2v) is 5.43. The maximum absolute atomic E-state index is 11.8. The third-order valence-corrected chi connectivity index (χ3v) is 2.65. The molecule has 5 heteroatoms. The first kappa shape index (κ1) is 15.0. The molecule has 1 aromatic carbocycles. The van der Waals surface area contributed by atoms with Gasteiger partial charge in [0.05, 0.1) is 0 Å². The van der Waals surface area contributed by atoms with Gasteiger partial charge in [-0.05, 0) is 31.2 Å². The van der Waals surface area contributed by atoms with E-state index in [1.165, 1.54) is 6.92 Å². The minimum Gasteiger partial charge on any atom is -0.326 e. The first-order valence-electron chi connectivity index (χ1n) is 6.04. The largest absolute Gasteiger partial charge is 0.326 e. The maximum Gasteiger partial charge on any atom is 0.229 e. The van der Waals surface area contributed by atoms with Gasteiger partial charge in [-0.25, -0.2) is 0 Å². The Hall–Kier alpha value is -2.04. The Bertz CT molecular complexity index is 486. The predicted molar refractivity (Wildman–Crippen MR) is 74.1 cm³/mol. The smallest absolute Gasteiger partial charge is 0.229 e. The highest BCUT2D eigenvalue weighted by Gasteiger charge is 2.21. The summed E-state index contributed by atoms with van der Waals surface area (Å²) in [4.78, 5) is 33.8. The van der Waals surface area contributed by atoms with Gasteiger partial charge in [0.2, 0.25) is 5.91 Å². The quantitative estimate of drug-likeness (QED) is 0.669. The molecule has 0 heterocycles. The number of amides is 1. The lowest BCUT2D eigenvalue weighted by molar-refractivity contribution is -0.123. The van der Waals surface area contributed by atoms with Crippen LogP contribution in [0.2, 0.25) is 0 Å². The van der Waals surface area contributed by atoms with Gasteiger partial charge in [-0.3, -0.25) is 9.59 Å². The highest BCUT2D eigenvalue weighted by Crippen LogP contribution is 2.18. The maximum atomic E-state index is 11.8. The van der Waals surface area contributed by atoms with Crippen molar-refractivity contribution in [3.05, 3.63) is 34.7 Å². The van der Waals surface area contributed by atoms with E-state index in [4.69, 9.17) is 0 Å². The van der Waals surface area contributed by atoms with E-state index in [2.05, 4.69) is 10.5 Å². The van der Waals surface area contributed by atoms with Crippen LogP contribution >= 0.6 is 0 Å². The number of carbonyl (C=O) groups excluding carboxylic acids is 2. The third-order valence-electron chi connectivity index (χ3n) is 2.65. The fraction of sp³-hybridized carbons (Fsp3) is 0.429. The highest BCUT2D eigenvalue weighted by atomic mass is 16.3. The summed E-state index contributed by atoms with van der Waals surface area (Å²) in [6.45, 7) is 6.90. The number of nitrogens with one attached hydrogen (secondary N) is 1. The van der Waals surface area contributed by atoms with Crippen LogP contribution in [-0.2, 0) is 4.79 Å². The molecule has 19 heavy (non-hydrogen) atoms. The van der Waals surface area contributed by atoms with Crippen LogP contribution in [0.4, 0.5) is 5.69 Å². The van der Waals surface area contributed by atoms with Crippen molar-refractivity contribution in [1.82, 2.24) is 0 Å². The number of ketones is 1. The number of rotatable bonds is 4. The van der Waals surface area contributed by atoms with Crippen molar-refractivity contribution in [3.63, 3.8) is 0 Å². The Kier molecular flexibility index (Phi) is 4.53. The second-order valence-electron chi connectivity index (χ2n) is 5.43. The molecule has 1 rings (SSSR count). The normalized spacial score (nSPS) is 12.6. The van der Waals surface area contributed by atoms with Gasteiger partial charge in [0.25, 0.3) is 0 Å². The fourth-order valence-electron chi connectivity index (χ4n) is 1.33. The molecule has 1 unspecified atom stereocenters. The summed E-state index contributed by atoms with van der Waals surface area (Å²) in [6.07, 6.45) is 0. The van der Waals surface area contributed by atoms with Crippen LogP contribution in [0, 0.1) is 10.3 Å². The number of hydrogen-bond donors (Lipinski definition) is 1. The average Bonchev–Trinajstić information content (AvgIpc) is 2.36. The van der Waals surface area contributed by atoms with Crippen LogP contribution in [0.3, 0.4) is 0 Å². The van der Waals surface area contributed by atoms with Gasteiger partial charge in [-0.15, -0.1) is 0 Å². The molecule has 0 radical (unpaired) electrons. The van der Waals surface area contributed by atoms with Gasteiger partial charge < -0.3 is 5.32 Å². The zero-order valence-corrected chi connectivity index (χ0v) is 11.6. The Morgan fingerprint density at radius 3 is 2.11 bits per heavy atom. The fourth-order valence-corrected chi connectivity index (χ4v) is 1.33. The number of nitrogens with zero attached hydrogens (tertiary/aromatic N) is 1. The van der Waals surface area contributed by atoms with E-state index in [0.717, 1.165) is 0 Å². The summed E-state index contributed by atoms with van der Waals surface area (Å²) in [7, 11) is 0.